The highest BCUT2D eigenvalue weighted by Crippen LogP contribution is 2.41. The van der Waals surface area contributed by atoms with Gasteiger partial charge in [-0.2, -0.15) is 0 Å². The van der Waals surface area contributed by atoms with Gasteiger partial charge < -0.3 is 9.80 Å². The van der Waals surface area contributed by atoms with Crippen LogP contribution in [0.3, 0.4) is 0 Å². The van der Waals surface area contributed by atoms with Crippen LogP contribution in [0.4, 0.5) is 20.2 Å². The number of carbonyl (C=O) groups is 1. The molecule has 146 valence electrons. The fourth-order valence-corrected chi connectivity index (χ4v) is 5.06. The van der Waals surface area contributed by atoms with Crippen molar-refractivity contribution in [3.63, 3.8) is 0 Å². The molecule has 28 heavy (non-hydrogen) atoms. The Kier molecular flexibility index (Phi) is 4.63. The minimum Gasteiger partial charge on any atom is -0.338 e. The lowest BCUT2D eigenvalue weighted by molar-refractivity contribution is -0.125. The Balaban J connectivity index is 1.91. The summed E-state index contributed by atoms with van der Waals surface area (Å²) in [7, 11) is -4.09. The summed E-state index contributed by atoms with van der Waals surface area (Å²) in [5, 5.41) is 0.268. The Hall–Kier alpha value is -2.45. The molecule has 1 saturated heterocycles. The zero-order chi connectivity index (χ0) is 20.1. The van der Waals surface area contributed by atoms with Crippen molar-refractivity contribution >= 4 is 38.7 Å². The molecule has 0 aromatic heterocycles. The van der Waals surface area contributed by atoms with E-state index in [9.17, 15) is 22.0 Å². The SMILES string of the molecule is O=C(C1=CN(c2ccc(F)c(F)c2)c2cc(Cl)ccc2S1(=O)=O)N1CCCC1. The zero-order valence-corrected chi connectivity index (χ0v) is 16.1. The van der Waals surface area contributed by atoms with E-state index < -0.39 is 32.3 Å². The van der Waals surface area contributed by atoms with Gasteiger partial charge in [-0.25, -0.2) is 17.2 Å². The number of rotatable bonds is 2. The molecule has 2 aromatic carbocycles. The maximum absolute atomic E-state index is 13.8. The molecule has 2 aromatic rings. The van der Waals surface area contributed by atoms with Gasteiger partial charge in [-0.1, -0.05) is 11.6 Å². The summed E-state index contributed by atoms with van der Waals surface area (Å²) in [4.78, 5) is 15.2. The third kappa shape index (κ3) is 3.06. The number of benzene rings is 2. The van der Waals surface area contributed by atoms with Crippen molar-refractivity contribution < 1.29 is 22.0 Å². The lowest BCUT2D eigenvalue weighted by Gasteiger charge is -2.30. The quantitative estimate of drug-likeness (QED) is 0.731. The van der Waals surface area contributed by atoms with E-state index in [-0.39, 0.29) is 21.3 Å². The smallest absolute Gasteiger partial charge is 0.267 e. The Morgan fingerprint density at radius 3 is 2.39 bits per heavy atom. The number of sulfone groups is 1. The number of fused-ring (bicyclic) bond motifs is 1. The van der Waals surface area contributed by atoms with Gasteiger partial charge in [0.1, 0.15) is 0 Å². The summed E-state index contributed by atoms with van der Waals surface area (Å²) in [5.74, 6) is -2.72. The molecule has 0 saturated carbocycles. The summed E-state index contributed by atoms with van der Waals surface area (Å²) in [6.07, 6.45) is 2.76. The van der Waals surface area contributed by atoms with E-state index in [1.807, 2.05) is 0 Å². The van der Waals surface area contributed by atoms with Crippen LogP contribution in [0.5, 0.6) is 0 Å². The number of hydrogen-bond donors (Lipinski definition) is 0. The van der Waals surface area contributed by atoms with Crippen molar-refractivity contribution in [2.24, 2.45) is 0 Å². The Morgan fingerprint density at radius 2 is 1.71 bits per heavy atom. The molecule has 2 heterocycles. The van der Waals surface area contributed by atoms with Gasteiger partial charge in [0, 0.05) is 36.1 Å². The van der Waals surface area contributed by atoms with Crippen LogP contribution < -0.4 is 4.90 Å². The molecule has 2 aliphatic rings. The molecule has 0 radical (unpaired) electrons. The first-order valence-electron chi connectivity index (χ1n) is 8.59. The maximum Gasteiger partial charge on any atom is 0.267 e. The number of carbonyl (C=O) groups excluding carboxylic acids is 1. The number of halogens is 3. The second-order valence-electron chi connectivity index (χ2n) is 6.58. The summed E-state index contributed by atoms with van der Waals surface area (Å²) < 4.78 is 53.4. The molecule has 0 spiro atoms. The van der Waals surface area contributed by atoms with Crippen molar-refractivity contribution in [3.8, 4) is 0 Å². The molecule has 0 atom stereocenters. The monoisotopic (exact) mass is 424 g/mol. The van der Waals surface area contributed by atoms with E-state index in [1.165, 1.54) is 34.1 Å². The molecular formula is C19H15ClF2N2O3S. The van der Waals surface area contributed by atoms with Crippen LogP contribution in [-0.2, 0) is 14.6 Å². The number of nitrogens with zero attached hydrogens (tertiary/aromatic N) is 2. The van der Waals surface area contributed by atoms with Crippen LogP contribution >= 0.6 is 11.6 Å². The molecule has 9 heteroatoms. The fraction of sp³-hybridized carbons (Fsp3) is 0.211. The van der Waals surface area contributed by atoms with Gasteiger partial charge in [-0.05, 0) is 43.2 Å². The Labute approximate surface area is 165 Å². The van der Waals surface area contributed by atoms with Crippen molar-refractivity contribution in [1.29, 1.82) is 0 Å². The standard InChI is InChI=1S/C19H15ClF2N2O3S/c20-12-3-6-17-16(9-12)24(13-4-5-14(21)15(22)10-13)11-18(28(17,26)27)19(25)23-7-1-2-8-23/h3-6,9-11H,1-2,7-8H2. The lowest BCUT2D eigenvalue weighted by Crippen LogP contribution is -2.35. The zero-order valence-electron chi connectivity index (χ0n) is 14.5. The molecular weight excluding hydrogens is 410 g/mol. The molecule has 2 aliphatic heterocycles. The second-order valence-corrected chi connectivity index (χ2v) is 8.90. The van der Waals surface area contributed by atoms with E-state index in [4.69, 9.17) is 11.6 Å². The van der Waals surface area contributed by atoms with Crippen molar-refractivity contribution in [2.45, 2.75) is 17.7 Å². The summed E-state index contributed by atoms with van der Waals surface area (Å²) in [5.41, 5.74) is 0.334. The summed E-state index contributed by atoms with van der Waals surface area (Å²) >= 11 is 6.03. The van der Waals surface area contributed by atoms with E-state index in [0.29, 0.717) is 13.1 Å². The first kappa shape index (κ1) is 18.9. The highest BCUT2D eigenvalue weighted by atomic mass is 35.5. The topological polar surface area (TPSA) is 57.7 Å². The fourth-order valence-electron chi connectivity index (χ4n) is 3.38. The van der Waals surface area contributed by atoms with E-state index >= 15 is 0 Å². The first-order valence-corrected chi connectivity index (χ1v) is 10.4. The highest BCUT2D eigenvalue weighted by molar-refractivity contribution is 7.96. The van der Waals surface area contributed by atoms with Crippen molar-refractivity contribution in [3.05, 3.63) is 64.2 Å². The van der Waals surface area contributed by atoms with Gasteiger partial charge in [-0.15, -0.1) is 0 Å². The predicted octanol–water partition coefficient (Wildman–Crippen LogP) is 4.01. The molecule has 0 bridgehead atoms. The predicted molar refractivity (Wildman–Crippen MR) is 101 cm³/mol. The van der Waals surface area contributed by atoms with Crippen LogP contribution in [0.2, 0.25) is 5.02 Å². The summed E-state index contributed by atoms with van der Waals surface area (Å²) in [6.45, 7) is 0.953. The van der Waals surface area contributed by atoms with Gasteiger partial charge in [0.2, 0.25) is 9.84 Å². The molecule has 1 fully saturated rings. The number of hydrogen-bond acceptors (Lipinski definition) is 4. The molecule has 5 nitrogen and oxygen atoms in total. The lowest BCUT2D eigenvalue weighted by atomic mass is 10.2. The van der Waals surface area contributed by atoms with Crippen LogP contribution in [0.25, 0.3) is 0 Å². The average molecular weight is 425 g/mol. The van der Waals surface area contributed by atoms with Crippen LogP contribution in [0.15, 0.2) is 52.4 Å². The Bertz CT molecular complexity index is 1110. The minimum absolute atomic E-state index is 0.119. The Morgan fingerprint density at radius 1 is 1.00 bits per heavy atom. The van der Waals surface area contributed by atoms with E-state index in [0.717, 1.165) is 31.2 Å². The van der Waals surface area contributed by atoms with E-state index in [2.05, 4.69) is 0 Å². The number of likely N-dealkylation sites (tertiary alicyclic amines) is 1. The average Bonchev–Trinajstić information content (AvgIpc) is 3.18. The normalized spacial score (nSPS) is 18.0. The van der Waals surface area contributed by atoms with Crippen LogP contribution in [0, 0.1) is 11.6 Å². The third-order valence-electron chi connectivity index (χ3n) is 4.79. The van der Waals surface area contributed by atoms with Crippen molar-refractivity contribution in [2.75, 3.05) is 18.0 Å². The highest BCUT2D eigenvalue weighted by Gasteiger charge is 2.38. The van der Waals surface area contributed by atoms with Crippen molar-refractivity contribution in [1.82, 2.24) is 4.90 Å². The largest absolute Gasteiger partial charge is 0.338 e. The van der Waals surface area contributed by atoms with Gasteiger partial charge >= 0.3 is 0 Å². The molecule has 0 N–H and O–H groups in total. The second kappa shape index (κ2) is 6.86. The van der Waals surface area contributed by atoms with Gasteiger partial charge in [0.25, 0.3) is 5.91 Å². The minimum atomic E-state index is -4.09. The van der Waals surface area contributed by atoms with Crippen LogP contribution in [-0.4, -0.2) is 32.3 Å². The van der Waals surface area contributed by atoms with Gasteiger partial charge in [-0.3, -0.25) is 4.79 Å². The first-order chi connectivity index (χ1) is 13.3. The number of amides is 1. The van der Waals surface area contributed by atoms with E-state index in [1.54, 1.807) is 0 Å². The molecule has 1 amide bonds. The van der Waals surface area contributed by atoms with Gasteiger partial charge in [0.05, 0.1) is 10.6 Å². The molecule has 0 unspecified atom stereocenters. The molecule has 0 aliphatic carbocycles. The maximum atomic E-state index is 13.8. The molecule has 4 rings (SSSR count). The van der Waals surface area contributed by atoms with Gasteiger partial charge in [0.15, 0.2) is 16.5 Å². The number of anilines is 2. The third-order valence-corrected chi connectivity index (χ3v) is 6.81. The van der Waals surface area contributed by atoms with Crippen LogP contribution in [0.1, 0.15) is 12.8 Å². The summed E-state index contributed by atoms with van der Waals surface area (Å²) in [6, 6.07) is 7.30.